The number of nitrogens with zero attached hydrogens (tertiary/aromatic N) is 1. The molecular formula is C24H31N3O5. The zero-order valence-electron chi connectivity index (χ0n) is 19.2. The number of carbonyl (C=O) groups is 2. The number of urea groups is 1. The van der Waals surface area contributed by atoms with Crippen LogP contribution in [0.25, 0.3) is 0 Å². The maximum Gasteiger partial charge on any atom is 0.318 e. The number of fused-ring (bicyclic) bond motifs is 1. The SMILES string of the molecule is COc1ccc(C(=O)NCC2c3cc(OC)c(OC)cc3CCN2C(=O)NC(C)C)cc1. The van der Waals surface area contributed by atoms with Gasteiger partial charge in [-0.3, -0.25) is 4.79 Å². The van der Waals surface area contributed by atoms with Crippen molar-refractivity contribution >= 4 is 11.9 Å². The molecule has 8 nitrogen and oxygen atoms in total. The molecule has 0 radical (unpaired) electrons. The molecule has 1 unspecified atom stereocenters. The Morgan fingerprint density at radius 1 is 1.03 bits per heavy atom. The Morgan fingerprint density at radius 3 is 2.28 bits per heavy atom. The molecule has 0 fully saturated rings. The van der Waals surface area contributed by atoms with E-state index in [1.54, 1.807) is 50.5 Å². The van der Waals surface area contributed by atoms with Gasteiger partial charge in [0, 0.05) is 24.7 Å². The molecule has 8 heteroatoms. The first-order chi connectivity index (χ1) is 15.4. The second kappa shape index (κ2) is 10.3. The van der Waals surface area contributed by atoms with Gasteiger partial charge >= 0.3 is 6.03 Å². The van der Waals surface area contributed by atoms with Crippen LogP contribution in [-0.4, -0.2) is 57.3 Å². The minimum absolute atomic E-state index is 0.00356. The smallest absolute Gasteiger partial charge is 0.318 e. The Labute approximate surface area is 188 Å². The van der Waals surface area contributed by atoms with Gasteiger partial charge in [-0.25, -0.2) is 4.79 Å². The average molecular weight is 442 g/mol. The summed E-state index contributed by atoms with van der Waals surface area (Å²) < 4.78 is 16.1. The fraction of sp³-hybridized carbons (Fsp3) is 0.417. The molecule has 3 amide bonds. The monoisotopic (exact) mass is 441 g/mol. The number of ether oxygens (including phenoxy) is 3. The third kappa shape index (κ3) is 5.07. The van der Waals surface area contributed by atoms with Crippen LogP contribution in [0, 0.1) is 0 Å². The molecule has 3 rings (SSSR count). The van der Waals surface area contributed by atoms with E-state index >= 15 is 0 Å². The van der Waals surface area contributed by atoms with Crippen LogP contribution >= 0.6 is 0 Å². The van der Waals surface area contributed by atoms with Crippen LogP contribution in [-0.2, 0) is 6.42 Å². The predicted molar refractivity (Wildman–Crippen MR) is 122 cm³/mol. The number of rotatable bonds is 7. The van der Waals surface area contributed by atoms with E-state index in [2.05, 4.69) is 10.6 Å². The summed E-state index contributed by atoms with van der Waals surface area (Å²) in [6.45, 7) is 4.64. The number of hydrogen-bond acceptors (Lipinski definition) is 5. The summed E-state index contributed by atoms with van der Waals surface area (Å²) in [6.07, 6.45) is 0.685. The van der Waals surface area contributed by atoms with Crippen LogP contribution in [0.15, 0.2) is 36.4 Å². The average Bonchev–Trinajstić information content (AvgIpc) is 2.80. The van der Waals surface area contributed by atoms with Gasteiger partial charge in [0.15, 0.2) is 11.5 Å². The van der Waals surface area contributed by atoms with Crippen molar-refractivity contribution in [1.29, 1.82) is 0 Å². The standard InChI is InChI=1S/C24H31N3O5/c1-15(2)26-24(29)27-11-10-17-12-21(31-4)22(32-5)13-19(17)20(27)14-25-23(28)16-6-8-18(30-3)9-7-16/h6-9,12-13,15,20H,10-11,14H2,1-5H3,(H,25,28)(H,26,29). The Morgan fingerprint density at radius 2 is 1.69 bits per heavy atom. The number of amides is 3. The van der Waals surface area contributed by atoms with E-state index in [-0.39, 0.29) is 30.6 Å². The van der Waals surface area contributed by atoms with Crippen molar-refractivity contribution in [2.75, 3.05) is 34.4 Å². The Bertz CT molecular complexity index is 959. The van der Waals surface area contributed by atoms with Crippen molar-refractivity contribution < 1.29 is 23.8 Å². The molecule has 172 valence electrons. The van der Waals surface area contributed by atoms with Crippen LogP contribution in [0.1, 0.15) is 41.4 Å². The summed E-state index contributed by atoms with van der Waals surface area (Å²) in [5.74, 6) is 1.70. The zero-order valence-corrected chi connectivity index (χ0v) is 19.2. The third-order valence-electron chi connectivity index (χ3n) is 5.48. The molecule has 0 bridgehead atoms. The topological polar surface area (TPSA) is 89.1 Å². The maximum absolute atomic E-state index is 12.9. The molecule has 2 aromatic carbocycles. The highest BCUT2D eigenvalue weighted by molar-refractivity contribution is 5.94. The Balaban J connectivity index is 1.88. The van der Waals surface area contributed by atoms with Gasteiger partial charge in [0.1, 0.15) is 5.75 Å². The lowest BCUT2D eigenvalue weighted by atomic mass is 9.91. The normalized spacial score (nSPS) is 15.1. The summed E-state index contributed by atoms with van der Waals surface area (Å²) >= 11 is 0. The van der Waals surface area contributed by atoms with Crippen LogP contribution in [0.2, 0.25) is 0 Å². The Kier molecular flexibility index (Phi) is 7.45. The molecule has 1 aliphatic rings. The fourth-order valence-corrected chi connectivity index (χ4v) is 3.86. The van der Waals surface area contributed by atoms with E-state index in [0.717, 1.165) is 11.1 Å². The molecule has 1 aliphatic heterocycles. The molecule has 1 atom stereocenters. The van der Waals surface area contributed by atoms with Crippen molar-refractivity contribution in [3.63, 3.8) is 0 Å². The lowest BCUT2D eigenvalue weighted by molar-refractivity contribution is 0.0933. The van der Waals surface area contributed by atoms with E-state index in [0.29, 0.717) is 35.8 Å². The molecule has 2 aromatic rings. The van der Waals surface area contributed by atoms with E-state index in [9.17, 15) is 9.59 Å². The van der Waals surface area contributed by atoms with Gasteiger partial charge in [-0.05, 0) is 67.8 Å². The van der Waals surface area contributed by atoms with Gasteiger partial charge in [0.2, 0.25) is 0 Å². The van der Waals surface area contributed by atoms with E-state index in [1.165, 1.54) is 0 Å². The minimum Gasteiger partial charge on any atom is -0.497 e. The first-order valence-electron chi connectivity index (χ1n) is 10.6. The fourth-order valence-electron chi connectivity index (χ4n) is 3.86. The van der Waals surface area contributed by atoms with Gasteiger partial charge in [0.25, 0.3) is 5.91 Å². The molecule has 1 heterocycles. The summed E-state index contributed by atoms with van der Waals surface area (Å²) in [5, 5.41) is 5.94. The highest BCUT2D eigenvalue weighted by Crippen LogP contribution is 2.38. The summed E-state index contributed by atoms with van der Waals surface area (Å²) in [4.78, 5) is 27.5. The van der Waals surface area contributed by atoms with Crippen molar-refractivity contribution in [1.82, 2.24) is 15.5 Å². The predicted octanol–water partition coefficient (Wildman–Crippen LogP) is 3.16. The van der Waals surface area contributed by atoms with E-state index < -0.39 is 0 Å². The lowest BCUT2D eigenvalue weighted by Gasteiger charge is -2.38. The van der Waals surface area contributed by atoms with Crippen LogP contribution in [0.3, 0.4) is 0 Å². The third-order valence-corrected chi connectivity index (χ3v) is 5.48. The van der Waals surface area contributed by atoms with E-state index in [4.69, 9.17) is 14.2 Å². The number of carbonyl (C=O) groups excluding carboxylic acids is 2. The van der Waals surface area contributed by atoms with Gasteiger partial charge in [0.05, 0.1) is 27.4 Å². The maximum atomic E-state index is 12.9. The summed E-state index contributed by atoms with van der Waals surface area (Å²) in [5.41, 5.74) is 2.52. The summed E-state index contributed by atoms with van der Waals surface area (Å²) in [7, 11) is 4.76. The molecular weight excluding hydrogens is 410 g/mol. The molecule has 0 aliphatic carbocycles. The van der Waals surface area contributed by atoms with Gasteiger partial charge in [-0.15, -0.1) is 0 Å². The first-order valence-corrected chi connectivity index (χ1v) is 10.6. The summed E-state index contributed by atoms with van der Waals surface area (Å²) in [6, 6.07) is 10.2. The van der Waals surface area contributed by atoms with Crippen molar-refractivity contribution in [3.8, 4) is 17.2 Å². The van der Waals surface area contributed by atoms with Crippen molar-refractivity contribution in [3.05, 3.63) is 53.1 Å². The van der Waals surface area contributed by atoms with Gasteiger partial charge < -0.3 is 29.7 Å². The van der Waals surface area contributed by atoms with Crippen LogP contribution < -0.4 is 24.8 Å². The van der Waals surface area contributed by atoms with Crippen LogP contribution in [0.4, 0.5) is 4.79 Å². The molecule has 0 saturated heterocycles. The lowest BCUT2D eigenvalue weighted by Crippen LogP contribution is -2.50. The molecule has 32 heavy (non-hydrogen) atoms. The molecule has 0 aromatic heterocycles. The number of benzene rings is 2. The zero-order chi connectivity index (χ0) is 23.3. The second-order valence-corrected chi connectivity index (χ2v) is 7.91. The second-order valence-electron chi connectivity index (χ2n) is 7.91. The minimum atomic E-state index is -0.348. The molecule has 0 spiro atoms. The van der Waals surface area contributed by atoms with Gasteiger partial charge in [-0.1, -0.05) is 0 Å². The van der Waals surface area contributed by atoms with E-state index in [1.807, 2.05) is 26.0 Å². The first kappa shape index (κ1) is 23.2. The molecule has 2 N–H and O–H groups in total. The number of methoxy groups -OCH3 is 3. The molecule has 0 saturated carbocycles. The van der Waals surface area contributed by atoms with Crippen LogP contribution in [0.5, 0.6) is 17.2 Å². The number of hydrogen-bond donors (Lipinski definition) is 2. The highest BCUT2D eigenvalue weighted by Gasteiger charge is 2.32. The Hall–Kier alpha value is -3.42. The quantitative estimate of drug-likeness (QED) is 0.689. The highest BCUT2D eigenvalue weighted by atomic mass is 16.5. The van der Waals surface area contributed by atoms with Crippen molar-refractivity contribution in [2.24, 2.45) is 0 Å². The van der Waals surface area contributed by atoms with Crippen molar-refractivity contribution in [2.45, 2.75) is 32.4 Å². The van der Waals surface area contributed by atoms with Gasteiger partial charge in [-0.2, -0.15) is 0 Å². The largest absolute Gasteiger partial charge is 0.497 e. The number of nitrogens with one attached hydrogen (secondary N) is 2.